The van der Waals surface area contributed by atoms with Crippen molar-refractivity contribution in [3.63, 3.8) is 0 Å². The standard InChI is InChI=1S/C19H22N4O/c1-19(2)7-6-14-17(10-19)21-22-18(14)16-8-12-4-5-13(23(3)11-24)9-15(12)20-16/h4-5,8-9,11,20H,6-7,10H2,1-3H3,(H,21,22). The van der Waals surface area contributed by atoms with Gasteiger partial charge in [-0.25, -0.2) is 0 Å². The van der Waals surface area contributed by atoms with E-state index in [-0.39, 0.29) is 0 Å². The second kappa shape index (κ2) is 5.23. The first kappa shape index (κ1) is 15.0. The average Bonchev–Trinajstić information content (AvgIpc) is 3.15. The van der Waals surface area contributed by atoms with Gasteiger partial charge in [-0.1, -0.05) is 19.9 Å². The van der Waals surface area contributed by atoms with Crippen molar-refractivity contribution in [1.82, 2.24) is 15.2 Å². The first-order chi connectivity index (χ1) is 11.5. The Balaban J connectivity index is 1.75. The Morgan fingerprint density at radius 1 is 1.29 bits per heavy atom. The molecule has 0 radical (unpaired) electrons. The number of H-pyrrole nitrogens is 2. The Morgan fingerprint density at radius 2 is 2.12 bits per heavy atom. The van der Waals surface area contributed by atoms with Crippen molar-refractivity contribution < 1.29 is 4.79 Å². The fraction of sp³-hybridized carbons (Fsp3) is 0.368. The summed E-state index contributed by atoms with van der Waals surface area (Å²) < 4.78 is 0. The van der Waals surface area contributed by atoms with Gasteiger partial charge in [-0.15, -0.1) is 0 Å². The fourth-order valence-electron chi connectivity index (χ4n) is 3.59. The lowest BCUT2D eigenvalue weighted by Crippen LogP contribution is -2.21. The number of hydrogen-bond acceptors (Lipinski definition) is 2. The van der Waals surface area contributed by atoms with Crippen LogP contribution < -0.4 is 4.90 Å². The lowest BCUT2D eigenvalue weighted by molar-refractivity contribution is -0.107. The number of hydrogen-bond donors (Lipinski definition) is 2. The number of aromatic amines is 2. The van der Waals surface area contributed by atoms with Crippen LogP contribution in [0.4, 0.5) is 5.69 Å². The van der Waals surface area contributed by atoms with E-state index in [2.05, 4.69) is 35.1 Å². The molecule has 2 heterocycles. The highest BCUT2D eigenvalue weighted by atomic mass is 16.1. The van der Waals surface area contributed by atoms with Crippen LogP contribution in [0.15, 0.2) is 24.3 Å². The van der Waals surface area contributed by atoms with Gasteiger partial charge in [0.25, 0.3) is 0 Å². The molecule has 0 atom stereocenters. The van der Waals surface area contributed by atoms with Gasteiger partial charge in [0, 0.05) is 34.9 Å². The Hall–Kier alpha value is -2.56. The molecule has 5 heteroatoms. The number of aromatic nitrogens is 3. The van der Waals surface area contributed by atoms with Gasteiger partial charge in [0.05, 0.1) is 5.69 Å². The molecule has 1 aromatic carbocycles. The lowest BCUT2D eigenvalue weighted by Gasteiger charge is -2.28. The van der Waals surface area contributed by atoms with Crippen molar-refractivity contribution in [2.24, 2.45) is 5.41 Å². The van der Waals surface area contributed by atoms with Crippen LogP contribution in [0.5, 0.6) is 0 Å². The summed E-state index contributed by atoms with van der Waals surface area (Å²) in [5.74, 6) is 0. The molecule has 0 saturated heterocycles. The molecule has 0 spiro atoms. The van der Waals surface area contributed by atoms with Crippen LogP contribution in [0, 0.1) is 5.41 Å². The molecule has 4 rings (SSSR count). The van der Waals surface area contributed by atoms with Gasteiger partial charge in [0.2, 0.25) is 6.41 Å². The Bertz CT molecular complexity index is 919. The zero-order valence-electron chi connectivity index (χ0n) is 14.3. The van der Waals surface area contributed by atoms with Gasteiger partial charge in [-0.2, -0.15) is 5.10 Å². The molecular weight excluding hydrogens is 300 g/mol. The number of benzene rings is 1. The monoisotopic (exact) mass is 322 g/mol. The fourth-order valence-corrected chi connectivity index (χ4v) is 3.59. The molecule has 124 valence electrons. The summed E-state index contributed by atoms with van der Waals surface area (Å²) in [4.78, 5) is 16.0. The van der Waals surface area contributed by atoms with E-state index in [1.165, 1.54) is 17.7 Å². The quantitative estimate of drug-likeness (QED) is 0.723. The first-order valence-electron chi connectivity index (χ1n) is 8.34. The summed E-state index contributed by atoms with van der Waals surface area (Å²) in [6, 6.07) is 8.12. The Labute approximate surface area is 141 Å². The van der Waals surface area contributed by atoms with Gasteiger partial charge >= 0.3 is 0 Å². The number of anilines is 1. The van der Waals surface area contributed by atoms with Crippen LogP contribution in [0.25, 0.3) is 22.3 Å². The highest BCUT2D eigenvalue weighted by Crippen LogP contribution is 2.38. The minimum Gasteiger partial charge on any atom is -0.353 e. The normalized spacial score (nSPS) is 16.1. The molecule has 1 aliphatic carbocycles. The number of carbonyl (C=O) groups excluding carboxylic acids is 1. The van der Waals surface area contributed by atoms with Crippen molar-refractivity contribution in [1.29, 1.82) is 0 Å². The summed E-state index contributed by atoms with van der Waals surface area (Å²) >= 11 is 0. The van der Waals surface area contributed by atoms with E-state index in [1.807, 2.05) is 18.2 Å². The van der Waals surface area contributed by atoms with E-state index in [0.29, 0.717) is 5.41 Å². The molecule has 3 aromatic rings. The van der Waals surface area contributed by atoms with E-state index in [1.54, 1.807) is 11.9 Å². The molecule has 1 amide bonds. The van der Waals surface area contributed by atoms with Crippen molar-refractivity contribution >= 4 is 23.0 Å². The average molecular weight is 322 g/mol. The molecule has 5 nitrogen and oxygen atoms in total. The van der Waals surface area contributed by atoms with Crippen LogP contribution in [-0.4, -0.2) is 28.6 Å². The van der Waals surface area contributed by atoms with E-state index in [4.69, 9.17) is 0 Å². The predicted octanol–water partition coefficient (Wildman–Crippen LogP) is 3.67. The molecule has 0 bridgehead atoms. The number of carbonyl (C=O) groups is 1. The summed E-state index contributed by atoms with van der Waals surface area (Å²) in [6.45, 7) is 4.62. The summed E-state index contributed by atoms with van der Waals surface area (Å²) in [7, 11) is 1.75. The van der Waals surface area contributed by atoms with Crippen LogP contribution in [-0.2, 0) is 17.6 Å². The van der Waals surface area contributed by atoms with Crippen LogP contribution in [0.2, 0.25) is 0 Å². The molecule has 0 fully saturated rings. The second-order valence-electron chi connectivity index (χ2n) is 7.54. The molecule has 0 aliphatic heterocycles. The zero-order chi connectivity index (χ0) is 16.9. The highest BCUT2D eigenvalue weighted by molar-refractivity contribution is 5.90. The van der Waals surface area contributed by atoms with Crippen LogP contribution in [0.1, 0.15) is 31.5 Å². The molecule has 2 aromatic heterocycles. The summed E-state index contributed by atoms with van der Waals surface area (Å²) in [5.41, 5.74) is 6.90. The van der Waals surface area contributed by atoms with Crippen LogP contribution in [0.3, 0.4) is 0 Å². The zero-order valence-corrected chi connectivity index (χ0v) is 14.3. The Morgan fingerprint density at radius 3 is 2.92 bits per heavy atom. The van der Waals surface area contributed by atoms with Crippen LogP contribution >= 0.6 is 0 Å². The van der Waals surface area contributed by atoms with Gasteiger partial charge in [0.15, 0.2) is 0 Å². The van der Waals surface area contributed by atoms with Gasteiger partial charge in [-0.3, -0.25) is 9.89 Å². The topological polar surface area (TPSA) is 64.8 Å². The molecule has 24 heavy (non-hydrogen) atoms. The minimum absolute atomic E-state index is 0.339. The Kier molecular flexibility index (Phi) is 3.27. The number of nitrogens with one attached hydrogen (secondary N) is 2. The van der Waals surface area contributed by atoms with Gasteiger partial charge in [0.1, 0.15) is 5.69 Å². The number of amides is 1. The smallest absolute Gasteiger partial charge is 0.213 e. The van der Waals surface area contributed by atoms with E-state index < -0.39 is 0 Å². The van der Waals surface area contributed by atoms with Crippen molar-refractivity contribution in [2.45, 2.75) is 33.1 Å². The largest absolute Gasteiger partial charge is 0.353 e. The molecule has 2 N–H and O–H groups in total. The maximum Gasteiger partial charge on any atom is 0.213 e. The molecule has 0 saturated carbocycles. The molecule has 0 unspecified atom stereocenters. The van der Waals surface area contributed by atoms with Gasteiger partial charge < -0.3 is 9.88 Å². The lowest BCUT2D eigenvalue weighted by atomic mass is 9.76. The van der Waals surface area contributed by atoms with E-state index >= 15 is 0 Å². The maximum absolute atomic E-state index is 10.9. The number of fused-ring (bicyclic) bond motifs is 2. The molecule has 1 aliphatic rings. The maximum atomic E-state index is 10.9. The van der Waals surface area contributed by atoms with Crippen molar-refractivity contribution in [3.05, 3.63) is 35.5 Å². The highest BCUT2D eigenvalue weighted by Gasteiger charge is 2.29. The number of nitrogens with zero attached hydrogens (tertiary/aromatic N) is 2. The predicted molar refractivity (Wildman–Crippen MR) is 96.2 cm³/mol. The SMILES string of the molecule is CN(C=O)c1ccc2cc(-c3n[nH]c4c3CCC(C)(C)C4)[nH]c2c1. The third-order valence-corrected chi connectivity index (χ3v) is 5.09. The third-order valence-electron chi connectivity index (χ3n) is 5.09. The third kappa shape index (κ3) is 2.40. The van der Waals surface area contributed by atoms with Crippen molar-refractivity contribution in [2.75, 3.05) is 11.9 Å². The second-order valence-corrected chi connectivity index (χ2v) is 7.54. The van der Waals surface area contributed by atoms with Gasteiger partial charge in [-0.05, 0) is 42.9 Å². The van der Waals surface area contributed by atoms with Crippen molar-refractivity contribution in [3.8, 4) is 11.4 Å². The number of rotatable bonds is 3. The first-order valence-corrected chi connectivity index (χ1v) is 8.34. The summed E-state index contributed by atoms with van der Waals surface area (Å²) in [6.07, 6.45) is 4.10. The van der Waals surface area contributed by atoms with E-state index in [9.17, 15) is 4.79 Å². The summed E-state index contributed by atoms with van der Waals surface area (Å²) in [5, 5.41) is 8.94. The minimum atomic E-state index is 0.339. The van der Waals surface area contributed by atoms with E-state index in [0.717, 1.165) is 47.2 Å². The molecular formula is C19H22N4O.